The van der Waals surface area contributed by atoms with E-state index in [1.807, 2.05) is 0 Å². The van der Waals surface area contributed by atoms with Crippen molar-refractivity contribution in [2.75, 3.05) is 5.75 Å². The van der Waals surface area contributed by atoms with Crippen molar-refractivity contribution in [1.82, 2.24) is 0 Å². The van der Waals surface area contributed by atoms with Crippen molar-refractivity contribution in [3.05, 3.63) is 12.8 Å². The van der Waals surface area contributed by atoms with Crippen LogP contribution in [0.2, 0.25) is 0 Å². The summed E-state index contributed by atoms with van der Waals surface area (Å²) in [6.07, 6.45) is 0.847. The summed E-state index contributed by atoms with van der Waals surface area (Å²) < 4.78 is 34.4. The summed E-state index contributed by atoms with van der Waals surface area (Å²) in [4.78, 5) is 10.5. The van der Waals surface area contributed by atoms with E-state index in [0.29, 0.717) is 0 Å². The maximum absolute atomic E-state index is 10.5. The van der Waals surface area contributed by atoms with Crippen molar-refractivity contribution in [3.63, 3.8) is 0 Å². The summed E-state index contributed by atoms with van der Waals surface area (Å²) in [5.74, 6) is -1.13. The van der Waals surface area contributed by atoms with Crippen LogP contribution >= 0.6 is 0 Å². The van der Waals surface area contributed by atoms with E-state index >= 15 is 0 Å². The zero-order valence-electron chi connectivity index (χ0n) is 7.36. The van der Waals surface area contributed by atoms with Crippen molar-refractivity contribution in [2.24, 2.45) is 0 Å². The smallest absolute Gasteiger partial charge is 0.748 e. The molecule has 0 saturated heterocycles. The Balaban J connectivity index is 0. The second-order valence-electron chi connectivity index (χ2n) is 2.02. The molecule has 0 aromatic carbocycles. The van der Waals surface area contributed by atoms with Gasteiger partial charge in [0.25, 0.3) is 0 Å². The summed E-state index contributed by atoms with van der Waals surface area (Å²) in [5, 5.41) is 0. The van der Waals surface area contributed by atoms with Crippen molar-refractivity contribution in [3.8, 4) is 0 Å². The Morgan fingerprint density at radius 2 is 2.08 bits per heavy atom. The van der Waals surface area contributed by atoms with E-state index < -0.39 is 21.8 Å². The number of hydrogen-bond acceptors (Lipinski definition) is 5. The zero-order chi connectivity index (χ0) is 9.61. The van der Waals surface area contributed by atoms with Gasteiger partial charge in [0.05, 0.1) is 16.4 Å². The number of hydrogen-bond donors (Lipinski definition) is 0. The van der Waals surface area contributed by atoms with E-state index in [-0.39, 0.29) is 64.2 Å². The number of carbonyl (C=O) groups excluding carboxylic acids is 1. The van der Waals surface area contributed by atoms with Crippen LogP contribution in [0.3, 0.4) is 0 Å². The molecule has 0 N–H and O–H groups in total. The molecule has 0 aromatic heterocycles. The molecule has 7 heteroatoms. The Morgan fingerprint density at radius 1 is 1.54 bits per heavy atom. The van der Waals surface area contributed by atoms with Crippen LogP contribution in [0.4, 0.5) is 0 Å². The second-order valence-corrected chi connectivity index (χ2v) is 3.55. The third-order valence-corrected chi connectivity index (χ3v) is 1.78. The van der Waals surface area contributed by atoms with E-state index in [1.54, 1.807) is 0 Å². The fourth-order valence-electron chi connectivity index (χ4n) is 0.545. The predicted octanol–water partition coefficient (Wildman–Crippen LogP) is -3.00. The third kappa shape index (κ3) is 12.8. The van der Waals surface area contributed by atoms with Gasteiger partial charge in [0, 0.05) is 12.2 Å². The molecule has 0 atom stereocenters. The van der Waals surface area contributed by atoms with E-state index in [9.17, 15) is 17.8 Å². The SMILES string of the molecule is C=COC(=O)CCCS(=O)(=O)[O-].[K+]. The summed E-state index contributed by atoms with van der Waals surface area (Å²) in [6.45, 7) is 3.13. The van der Waals surface area contributed by atoms with Crippen LogP contribution in [0, 0.1) is 0 Å². The largest absolute Gasteiger partial charge is 1.00 e. The molecule has 0 aromatic rings. The van der Waals surface area contributed by atoms with Crippen molar-refractivity contribution < 1.29 is 73.9 Å². The Kier molecular flexibility index (Phi) is 10.1. The maximum atomic E-state index is 10.5. The average molecular weight is 232 g/mol. The van der Waals surface area contributed by atoms with E-state index in [0.717, 1.165) is 6.26 Å². The van der Waals surface area contributed by atoms with Crippen LogP contribution in [0.15, 0.2) is 12.8 Å². The fourth-order valence-corrected chi connectivity index (χ4v) is 1.04. The average Bonchev–Trinajstić information content (AvgIpc) is 1.84. The number of ether oxygens (including phenoxy) is 1. The number of rotatable bonds is 5. The predicted molar refractivity (Wildman–Crippen MR) is 40.1 cm³/mol. The fraction of sp³-hybridized carbons (Fsp3) is 0.500. The molecule has 0 aliphatic rings. The quantitative estimate of drug-likeness (QED) is 0.218. The third-order valence-electron chi connectivity index (χ3n) is 0.990. The molecule has 0 spiro atoms. The molecule has 13 heavy (non-hydrogen) atoms. The second kappa shape index (κ2) is 8.10. The first-order chi connectivity index (χ1) is 5.45. The zero-order valence-corrected chi connectivity index (χ0v) is 11.3. The van der Waals surface area contributed by atoms with Gasteiger partial charge in [-0.25, -0.2) is 8.42 Å². The minimum Gasteiger partial charge on any atom is -0.748 e. The first-order valence-electron chi connectivity index (χ1n) is 3.19. The Morgan fingerprint density at radius 3 is 2.46 bits per heavy atom. The van der Waals surface area contributed by atoms with Crippen LogP contribution in [0.1, 0.15) is 12.8 Å². The van der Waals surface area contributed by atoms with Gasteiger partial charge in [0.15, 0.2) is 0 Å². The first-order valence-corrected chi connectivity index (χ1v) is 4.77. The normalized spacial score (nSPS) is 9.92. The molecule has 0 rings (SSSR count). The molecular formula is C6H9KO5S. The van der Waals surface area contributed by atoms with Crippen molar-refractivity contribution in [2.45, 2.75) is 12.8 Å². The van der Waals surface area contributed by atoms with Gasteiger partial charge in [-0.05, 0) is 6.42 Å². The van der Waals surface area contributed by atoms with E-state index in [4.69, 9.17) is 0 Å². The topological polar surface area (TPSA) is 83.5 Å². The van der Waals surface area contributed by atoms with Crippen LogP contribution in [0.5, 0.6) is 0 Å². The number of esters is 1. The van der Waals surface area contributed by atoms with Gasteiger partial charge in [0.1, 0.15) is 0 Å². The molecule has 0 fully saturated rings. The molecular weight excluding hydrogens is 223 g/mol. The Labute approximate surface area is 120 Å². The molecule has 0 heterocycles. The van der Waals surface area contributed by atoms with Gasteiger partial charge >= 0.3 is 57.4 Å². The molecule has 0 saturated carbocycles. The molecule has 70 valence electrons. The van der Waals surface area contributed by atoms with Crippen LogP contribution in [-0.2, 0) is 19.6 Å². The van der Waals surface area contributed by atoms with Gasteiger partial charge < -0.3 is 9.29 Å². The first kappa shape index (κ1) is 16.2. The molecule has 0 aliphatic carbocycles. The minimum absolute atomic E-state index is 0. The van der Waals surface area contributed by atoms with Crippen LogP contribution < -0.4 is 51.4 Å². The van der Waals surface area contributed by atoms with E-state index in [2.05, 4.69) is 11.3 Å². The summed E-state index contributed by atoms with van der Waals surface area (Å²) in [6, 6.07) is 0. The van der Waals surface area contributed by atoms with Gasteiger partial charge in [-0.2, -0.15) is 0 Å². The van der Waals surface area contributed by atoms with Crippen molar-refractivity contribution >= 4 is 16.1 Å². The van der Waals surface area contributed by atoms with Gasteiger partial charge in [-0.1, -0.05) is 6.58 Å². The van der Waals surface area contributed by atoms with Crippen molar-refractivity contribution in [1.29, 1.82) is 0 Å². The standard InChI is InChI=1S/C6H10O5S.K/c1-2-11-6(7)4-3-5-12(8,9)10;/h2H,1,3-5H2,(H,8,9,10);/q;+1/p-1. The molecule has 0 bridgehead atoms. The molecule has 0 aliphatic heterocycles. The molecule has 5 nitrogen and oxygen atoms in total. The molecule has 0 unspecified atom stereocenters. The molecule has 0 radical (unpaired) electrons. The summed E-state index contributed by atoms with van der Waals surface area (Å²) >= 11 is 0. The number of carbonyl (C=O) groups is 1. The Hall–Kier alpha value is 0.756. The summed E-state index contributed by atoms with van der Waals surface area (Å²) in [5.41, 5.74) is 0. The van der Waals surface area contributed by atoms with Crippen LogP contribution in [-0.4, -0.2) is 24.7 Å². The minimum atomic E-state index is -4.22. The van der Waals surface area contributed by atoms with Gasteiger partial charge in [0.2, 0.25) is 0 Å². The monoisotopic (exact) mass is 232 g/mol. The van der Waals surface area contributed by atoms with E-state index in [1.165, 1.54) is 0 Å². The molecule has 0 amide bonds. The van der Waals surface area contributed by atoms with Gasteiger partial charge in [-0.3, -0.25) is 4.79 Å². The summed E-state index contributed by atoms with van der Waals surface area (Å²) in [7, 11) is -4.22. The van der Waals surface area contributed by atoms with Crippen LogP contribution in [0.25, 0.3) is 0 Å². The maximum Gasteiger partial charge on any atom is 1.00 e. The Bertz CT molecular complexity index is 258. The van der Waals surface area contributed by atoms with Gasteiger partial charge in [-0.15, -0.1) is 0 Å².